The molecule has 1 aliphatic rings. The highest BCUT2D eigenvalue weighted by molar-refractivity contribution is 8.13. The van der Waals surface area contributed by atoms with Crippen LogP contribution in [0.1, 0.15) is 33.8 Å². The second-order valence-corrected chi connectivity index (χ2v) is 13.0. The first-order valence-electron chi connectivity index (χ1n) is 13.6. The van der Waals surface area contributed by atoms with Gasteiger partial charge in [0, 0.05) is 36.3 Å². The van der Waals surface area contributed by atoms with Crippen LogP contribution < -0.4 is 9.47 Å². The molecule has 13 heteroatoms. The fourth-order valence-corrected chi connectivity index (χ4v) is 7.14. The van der Waals surface area contributed by atoms with E-state index in [0.29, 0.717) is 35.8 Å². The molecule has 3 aromatic heterocycles. The molecule has 0 radical (unpaired) electrons. The van der Waals surface area contributed by atoms with Crippen molar-refractivity contribution in [3.05, 3.63) is 71.0 Å². The van der Waals surface area contributed by atoms with E-state index in [1.165, 1.54) is 34.4 Å². The Kier molecular flexibility index (Phi) is 8.48. The van der Waals surface area contributed by atoms with E-state index in [9.17, 15) is 9.90 Å². The molecule has 0 bridgehead atoms. The maximum atomic E-state index is 12.9. The Morgan fingerprint density at radius 3 is 2.72 bits per heavy atom. The highest BCUT2D eigenvalue weighted by atomic mass is 32.2. The molecule has 1 atom stereocenters. The minimum absolute atomic E-state index is 0.0684. The molecule has 5 aromatic rings. The number of aromatic nitrogens is 4. The molecule has 222 valence electrons. The number of β-amino-alcohol motifs (C(OH)–C–C–N with tert-alkyl or cyclic N) is 1. The van der Waals surface area contributed by atoms with Crippen LogP contribution in [0.2, 0.25) is 0 Å². The molecule has 1 aliphatic heterocycles. The minimum atomic E-state index is -0.456. The van der Waals surface area contributed by atoms with E-state index < -0.39 is 6.10 Å². The number of rotatable bonds is 8. The molecule has 0 unspecified atom stereocenters. The fraction of sp³-hybridized carbons (Fsp3) is 0.300. The van der Waals surface area contributed by atoms with Gasteiger partial charge in [-0.1, -0.05) is 30.0 Å². The van der Waals surface area contributed by atoms with Crippen LogP contribution in [0.3, 0.4) is 0 Å². The number of methoxy groups -OCH3 is 1. The first-order chi connectivity index (χ1) is 20.8. The van der Waals surface area contributed by atoms with E-state index in [-0.39, 0.29) is 12.5 Å². The lowest BCUT2D eigenvalue weighted by molar-refractivity contribution is 0.0474. The summed E-state index contributed by atoms with van der Waals surface area (Å²) in [5.74, 6) is 1.19. The van der Waals surface area contributed by atoms with Gasteiger partial charge in [0.15, 0.2) is 0 Å². The van der Waals surface area contributed by atoms with Gasteiger partial charge in [-0.2, -0.15) is 5.10 Å². The number of imidazole rings is 1. The second-order valence-electron chi connectivity index (χ2n) is 10.1. The zero-order valence-electron chi connectivity index (χ0n) is 23.9. The van der Waals surface area contributed by atoms with Gasteiger partial charge < -0.3 is 19.5 Å². The maximum Gasteiger partial charge on any atom is 0.253 e. The van der Waals surface area contributed by atoms with Crippen molar-refractivity contribution in [2.75, 3.05) is 33.1 Å². The molecule has 0 saturated carbocycles. The number of thiazole rings is 1. The molecule has 10 nitrogen and oxygen atoms in total. The number of hydrogen-bond acceptors (Lipinski definition) is 11. The van der Waals surface area contributed by atoms with Crippen LogP contribution in [0.15, 0.2) is 59.9 Å². The number of aliphatic hydroxyl groups excluding tert-OH is 1. The highest BCUT2D eigenvalue weighted by Gasteiger charge is 2.23. The number of carbonyl (C=O) groups is 1. The summed E-state index contributed by atoms with van der Waals surface area (Å²) in [6.45, 7) is 7.28. The van der Waals surface area contributed by atoms with Crippen LogP contribution in [0.4, 0.5) is 0 Å². The number of likely N-dealkylation sites (tertiary alicyclic amines) is 1. The van der Waals surface area contributed by atoms with Crippen molar-refractivity contribution in [1.82, 2.24) is 24.5 Å². The normalized spacial score (nSPS) is 15.8. The van der Waals surface area contributed by atoms with E-state index in [1.807, 2.05) is 43.6 Å². The molecule has 1 amide bonds. The number of aliphatic hydroxyl groups is 1. The molecule has 1 saturated heterocycles. The number of nitrogens with zero attached hydrogens (tertiary/aromatic N) is 6. The van der Waals surface area contributed by atoms with Crippen molar-refractivity contribution >= 4 is 60.6 Å². The van der Waals surface area contributed by atoms with Gasteiger partial charge in [-0.05, 0) is 38.2 Å². The van der Waals surface area contributed by atoms with Crippen molar-refractivity contribution in [3.8, 4) is 22.2 Å². The van der Waals surface area contributed by atoms with Crippen LogP contribution in [-0.4, -0.2) is 79.7 Å². The zero-order chi connectivity index (χ0) is 30.1. The lowest BCUT2D eigenvalue weighted by Crippen LogP contribution is -2.42. The lowest BCUT2D eigenvalue weighted by Gasteiger charge is -2.30. The summed E-state index contributed by atoms with van der Waals surface area (Å²) in [5, 5.41) is 16.9. The zero-order valence-corrected chi connectivity index (χ0v) is 26.4. The summed E-state index contributed by atoms with van der Waals surface area (Å²) in [6.07, 6.45) is 4.92. The number of carbonyl (C=O) groups excluding carboxylic acids is 1. The fourth-order valence-electron chi connectivity index (χ4n) is 4.86. The van der Waals surface area contributed by atoms with Gasteiger partial charge in [0.05, 0.1) is 35.3 Å². The number of piperidine rings is 1. The first-order valence-corrected chi connectivity index (χ1v) is 16.5. The number of hydrogen-bond donors (Lipinski definition) is 1. The molecule has 2 aromatic carbocycles. The molecule has 43 heavy (non-hydrogen) atoms. The summed E-state index contributed by atoms with van der Waals surface area (Å²) in [4.78, 5) is 29.6. The van der Waals surface area contributed by atoms with Crippen LogP contribution >= 0.6 is 34.4 Å². The number of aryl methyl sites for hydroxylation is 1. The van der Waals surface area contributed by atoms with Crippen molar-refractivity contribution in [2.45, 2.75) is 25.9 Å². The van der Waals surface area contributed by atoms with Crippen molar-refractivity contribution < 1.29 is 19.4 Å². The molecule has 0 aliphatic carbocycles. The molecular weight excluding hydrogens is 605 g/mol. The minimum Gasteiger partial charge on any atom is -0.497 e. The Balaban J connectivity index is 1.17. The van der Waals surface area contributed by atoms with Crippen molar-refractivity contribution in [1.29, 1.82) is 0 Å². The van der Waals surface area contributed by atoms with E-state index in [0.717, 1.165) is 54.3 Å². The number of ether oxygens (including phenoxy) is 2. The smallest absolute Gasteiger partial charge is 0.253 e. The quantitative estimate of drug-likeness (QED) is 0.171. The topological polar surface area (TPSA) is 114 Å². The molecule has 1 N–H and O–H groups in total. The van der Waals surface area contributed by atoms with E-state index in [2.05, 4.69) is 16.7 Å². The third-order valence-corrected chi connectivity index (χ3v) is 9.60. The Bertz CT molecular complexity index is 1810. The summed E-state index contributed by atoms with van der Waals surface area (Å²) in [7, 11) is 1.61. The van der Waals surface area contributed by atoms with Gasteiger partial charge in [-0.3, -0.25) is 4.79 Å². The van der Waals surface area contributed by atoms with Crippen LogP contribution in [0, 0.1) is 6.92 Å². The summed E-state index contributed by atoms with van der Waals surface area (Å²) >= 11 is 4.52. The van der Waals surface area contributed by atoms with Gasteiger partial charge in [0.25, 0.3) is 5.91 Å². The predicted molar refractivity (Wildman–Crippen MR) is 173 cm³/mol. The summed E-state index contributed by atoms with van der Waals surface area (Å²) in [6, 6.07) is 11.1. The molecule has 4 heterocycles. The Morgan fingerprint density at radius 2 is 2.00 bits per heavy atom. The largest absolute Gasteiger partial charge is 0.497 e. The average Bonchev–Trinajstić information content (AvgIpc) is 3.71. The third-order valence-electron chi connectivity index (χ3n) is 6.94. The number of amides is 1. The first kappa shape index (κ1) is 29.3. The van der Waals surface area contributed by atoms with E-state index in [1.54, 1.807) is 28.7 Å². The molecule has 1 fully saturated rings. The molecule has 0 spiro atoms. The summed E-state index contributed by atoms with van der Waals surface area (Å²) < 4.78 is 14.4. The molecule has 6 rings (SSSR count). The van der Waals surface area contributed by atoms with Gasteiger partial charge in [-0.15, -0.1) is 23.1 Å². The Hall–Kier alpha value is -3.78. The highest BCUT2D eigenvalue weighted by Crippen LogP contribution is 2.39. The van der Waals surface area contributed by atoms with Gasteiger partial charge in [-0.25, -0.2) is 19.5 Å². The maximum absolute atomic E-state index is 12.9. The third kappa shape index (κ3) is 6.30. The Labute approximate surface area is 260 Å². The summed E-state index contributed by atoms with van der Waals surface area (Å²) in [5.41, 5.74) is 3.52. The number of thioether (sulfide) groups is 1. The van der Waals surface area contributed by atoms with Gasteiger partial charge >= 0.3 is 0 Å². The van der Waals surface area contributed by atoms with Crippen molar-refractivity contribution in [2.24, 2.45) is 4.99 Å². The van der Waals surface area contributed by atoms with Crippen molar-refractivity contribution in [3.63, 3.8) is 0 Å². The van der Waals surface area contributed by atoms with Crippen LogP contribution in [0.5, 0.6) is 11.5 Å². The second kappa shape index (κ2) is 12.4. The Morgan fingerprint density at radius 1 is 1.21 bits per heavy atom. The average molecular weight is 635 g/mol. The SMILES string of the molecule is C=C(COc1cc(OC)cc2nc(-c3cn4nc(C)sc4n3)sc12)N=C(SC)c1ccc(C(=O)N2CCC[C@H](O)C2)cc1. The van der Waals surface area contributed by atoms with Crippen LogP contribution in [-0.2, 0) is 0 Å². The predicted octanol–water partition coefficient (Wildman–Crippen LogP) is 5.68. The number of aliphatic imine (C=N–C) groups is 1. The standard InChI is InChI=1S/C30H30N6O4S3/c1-17(31-27(41-4)19-7-9-20(10-8-19)29(38)35-11-5-6-21(37)14-35)16-40-25-13-22(39-3)12-23-26(25)43-28(32-23)24-15-36-30(33-24)42-18(2)34-36/h7-10,12-13,15,21,37H,1,5-6,11,14,16H2,2-4H3/t21-/m0/s1. The van der Waals surface area contributed by atoms with Gasteiger partial charge in [0.2, 0.25) is 4.96 Å². The monoisotopic (exact) mass is 634 g/mol. The van der Waals surface area contributed by atoms with E-state index in [4.69, 9.17) is 19.5 Å². The van der Waals surface area contributed by atoms with Gasteiger partial charge in [0.1, 0.15) is 38.9 Å². The lowest BCUT2D eigenvalue weighted by atomic mass is 10.1. The molecular formula is C30H30N6O4S3. The van der Waals surface area contributed by atoms with E-state index >= 15 is 0 Å². The number of benzene rings is 2. The van der Waals surface area contributed by atoms with Crippen LogP contribution in [0.25, 0.3) is 25.9 Å². The number of fused-ring (bicyclic) bond motifs is 2.